The molecular formula is C24H21F2N5O3. The first-order valence-electron chi connectivity index (χ1n) is 10.9. The number of anilines is 3. The van der Waals surface area contributed by atoms with Crippen molar-refractivity contribution < 1.29 is 23.5 Å². The molecule has 1 fully saturated rings. The second-order valence-electron chi connectivity index (χ2n) is 8.20. The zero-order valence-electron chi connectivity index (χ0n) is 18.0. The number of benzene rings is 2. The predicted octanol–water partition coefficient (Wildman–Crippen LogP) is 4.08. The molecule has 2 aliphatic rings. The fourth-order valence-electron chi connectivity index (χ4n) is 4.36. The number of amides is 2. The largest absolute Gasteiger partial charge is 0.481 e. The number of carboxylic acids is 1. The molecule has 0 saturated carbocycles. The Bertz CT molecular complexity index is 1240. The molecule has 8 nitrogen and oxygen atoms in total. The monoisotopic (exact) mass is 465 g/mol. The van der Waals surface area contributed by atoms with Gasteiger partial charge in [-0.1, -0.05) is 36.4 Å². The SMILES string of the molecule is O=C(O)C1CCN(c2nc(-c3ccccc3)c3c(n2)N(c2c(F)cccc2F)C(=O)NC3)CC1. The van der Waals surface area contributed by atoms with Crippen LogP contribution in [0.5, 0.6) is 0 Å². The van der Waals surface area contributed by atoms with Crippen LogP contribution in [0.15, 0.2) is 48.5 Å². The third kappa shape index (κ3) is 3.81. The number of carbonyl (C=O) groups excluding carboxylic acids is 1. The molecule has 2 amide bonds. The van der Waals surface area contributed by atoms with Gasteiger partial charge in [0.15, 0.2) is 5.82 Å². The fourth-order valence-corrected chi connectivity index (χ4v) is 4.36. The van der Waals surface area contributed by atoms with Gasteiger partial charge in [-0.05, 0) is 25.0 Å². The summed E-state index contributed by atoms with van der Waals surface area (Å²) < 4.78 is 29.5. The van der Waals surface area contributed by atoms with Crippen LogP contribution in [0.25, 0.3) is 11.3 Å². The van der Waals surface area contributed by atoms with E-state index in [1.807, 2.05) is 35.2 Å². The van der Waals surface area contributed by atoms with Crippen LogP contribution < -0.4 is 15.1 Å². The van der Waals surface area contributed by atoms with E-state index in [2.05, 4.69) is 10.3 Å². The molecule has 1 aromatic heterocycles. The van der Waals surface area contributed by atoms with Gasteiger partial charge in [-0.15, -0.1) is 0 Å². The summed E-state index contributed by atoms with van der Waals surface area (Å²) in [6, 6.07) is 11.9. The molecule has 0 bridgehead atoms. The molecule has 1 saturated heterocycles. The summed E-state index contributed by atoms with van der Waals surface area (Å²) in [5.41, 5.74) is 1.29. The van der Waals surface area contributed by atoms with E-state index in [1.165, 1.54) is 6.07 Å². The van der Waals surface area contributed by atoms with Gasteiger partial charge in [-0.25, -0.2) is 23.5 Å². The van der Waals surface area contributed by atoms with Gasteiger partial charge in [0.2, 0.25) is 5.95 Å². The number of carboxylic acid groups (broad SMARTS) is 1. The lowest BCUT2D eigenvalue weighted by Crippen LogP contribution is -2.44. The summed E-state index contributed by atoms with van der Waals surface area (Å²) in [7, 11) is 0. The number of aromatic nitrogens is 2. The van der Waals surface area contributed by atoms with Crippen molar-refractivity contribution in [2.75, 3.05) is 22.9 Å². The molecule has 174 valence electrons. The van der Waals surface area contributed by atoms with Crippen molar-refractivity contribution in [1.82, 2.24) is 15.3 Å². The number of urea groups is 1. The molecule has 3 heterocycles. The molecule has 0 spiro atoms. The standard InChI is InChI=1S/C24H21F2N5O3/c25-17-7-4-8-18(26)20(17)31-21-16(13-27-24(31)34)19(14-5-2-1-3-6-14)28-23(29-21)30-11-9-15(10-12-30)22(32)33/h1-8,15H,9-13H2,(H,27,34)(H,32,33). The zero-order chi connectivity index (χ0) is 23.8. The lowest BCUT2D eigenvalue weighted by atomic mass is 9.97. The van der Waals surface area contributed by atoms with Crippen molar-refractivity contribution in [3.8, 4) is 11.3 Å². The van der Waals surface area contributed by atoms with Crippen LogP contribution >= 0.6 is 0 Å². The lowest BCUT2D eigenvalue weighted by molar-refractivity contribution is -0.142. The second kappa shape index (κ2) is 8.69. The Labute approximate surface area is 193 Å². The minimum absolute atomic E-state index is 0.0896. The van der Waals surface area contributed by atoms with Crippen LogP contribution in [0.3, 0.4) is 0 Å². The minimum Gasteiger partial charge on any atom is -0.481 e. The number of hydrogen-bond donors (Lipinski definition) is 2. The van der Waals surface area contributed by atoms with Crippen LogP contribution in [0.1, 0.15) is 18.4 Å². The molecule has 2 aliphatic heterocycles. The minimum atomic E-state index is -0.897. The Morgan fingerprint density at radius 3 is 2.32 bits per heavy atom. The Balaban J connectivity index is 1.67. The molecule has 10 heteroatoms. The van der Waals surface area contributed by atoms with Crippen molar-refractivity contribution in [1.29, 1.82) is 0 Å². The van der Waals surface area contributed by atoms with Gasteiger partial charge in [0.05, 0.1) is 18.2 Å². The fraction of sp³-hybridized carbons (Fsp3) is 0.250. The molecule has 5 rings (SSSR count). The molecular weight excluding hydrogens is 444 g/mol. The first-order valence-corrected chi connectivity index (χ1v) is 10.9. The summed E-state index contributed by atoms with van der Waals surface area (Å²) in [5.74, 6) is -2.71. The third-order valence-corrected chi connectivity index (χ3v) is 6.14. The van der Waals surface area contributed by atoms with E-state index in [0.29, 0.717) is 37.2 Å². The Morgan fingerprint density at radius 2 is 1.68 bits per heavy atom. The predicted molar refractivity (Wildman–Crippen MR) is 121 cm³/mol. The first-order chi connectivity index (χ1) is 16.4. The van der Waals surface area contributed by atoms with Gasteiger partial charge < -0.3 is 15.3 Å². The molecule has 0 aliphatic carbocycles. The highest BCUT2D eigenvalue weighted by Crippen LogP contribution is 2.39. The van der Waals surface area contributed by atoms with Crippen molar-refractivity contribution in [3.05, 3.63) is 65.7 Å². The number of halogens is 2. The van der Waals surface area contributed by atoms with E-state index >= 15 is 0 Å². The Morgan fingerprint density at radius 1 is 1.00 bits per heavy atom. The van der Waals surface area contributed by atoms with E-state index in [9.17, 15) is 23.5 Å². The number of carbonyl (C=O) groups is 2. The van der Waals surface area contributed by atoms with Crippen LogP contribution in [0.2, 0.25) is 0 Å². The molecule has 3 aromatic rings. The first kappa shape index (κ1) is 21.7. The zero-order valence-corrected chi connectivity index (χ0v) is 18.0. The molecule has 0 atom stereocenters. The highest BCUT2D eigenvalue weighted by molar-refractivity contribution is 6.02. The second-order valence-corrected chi connectivity index (χ2v) is 8.20. The van der Waals surface area contributed by atoms with Crippen LogP contribution in [-0.2, 0) is 11.3 Å². The summed E-state index contributed by atoms with van der Waals surface area (Å²) in [5, 5.41) is 12.0. The van der Waals surface area contributed by atoms with Gasteiger partial charge in [-0.2, -0.15) is 4.98 Å². The highest BCUT2D eigenvalue weighted by atomic mass is 19.1. The van der Waals surface area contributed by atoms with Gasteiger partial charge in [-0.3, -0.25) is 4.79 Å². The molecule has 2 aromatic carbocycles. The smallest absolute Gasteiger partial charge is 0.328 e. The Kier molecular flexibility index (Phi) is 5.56. The molecule has 0 radical (unpaired) electrons. The number of rotatable bonds is 4. The van der Waals surface area contributed by atoms with Crippen LogP contribution in [-0.4, -0.2) is 40.2 Å². The molecule has 0 unspecified atom stereocenters. The van der Waals surface area contributed by atoms with Crippen molar-refractivity contribution in [2.45, 2.75) is 19.4 Å². The average molecular weight is 465 g/mol. The highest BCUT2D eigenvalue weighted by Gasteiger charge is 2.35. The van der Waals surface area contributed by atoms with Gasteiger partial charge in [0.1, 0.15) is 17.3 Å². The van der Waals surface area contributed by atoms with Crippen molar-refractivity contribution >= 4 is 29.5 Å². The summed E-state index contributed by atoms with van der Waals surface area (Å²) in [4.78, 5) is 36.3. The third-order valence-electron chi connectivity index (χ3n) is 6.14. The summed E-state index contributed by atoms with van der Waals surface area (Å²) >= 11 is 0. The summed E-state index contributed by atoms with van der Waals surface area (Å²) in [6.07, 6.45) is 0.838. The van der Waals surface area contributed by atoms with E-state index in [0.717, 1.165) is 22.6 Å². The summed E-state index contributed by atoms with van der Waals surface area (Å²) in [6.45, 7) is 0.904. The van der Waals surface area contributed by atoms with E-state index in [1.54, 1.807) is 0 Å². The van der Waals surface area contributed by atoms with E-state index < -0.39 is 35.2 Å². The number of para-hydroxylation sites is 1. The molecule has 34 heavy (non-hydrogen) atoms. The van der Waals surface area contributed by atoms with Crippen LogP contribution in [0, 0.1) is 17.6 Å². The van der Waals surface area contributed by atoms with Gasteiger partial charge >= 0.3 is 12.0 Å². The van der Waals surface area contributed by atoms with E-state index in [4.69, 9.17) is 4.98 Å². The maximum Gasteiger partial charge on any atom is 0.328 e. The molecule has 2 N–H and O–H groups in total. The number of nitrogens with one attached hydrogen (secondary N) is 1. The Hall–Kier alpha value is -4.08. The van der Waals surface area contributed by atoms with Gasteiger partial charge in [0, 0.05) is 24.2 Å². The number of nitrogens with zero attached hydrogens (tertiary/aromatic N) is 4. The topological polar surface area (TPSA) is 98.7 Å². The maximum absolute atomic E-state index is 14.7. The van der Waals surface area contributed by atoms with Crippen molar-refractivity contribution in [3.63, 3.8) is 0 Å². The number of hydrogen-bond acceptors (Lipinski definition) is 5. The number of piperidine rings is 1. The van der Waals surface area contributed by atoms with Crippen LogP contribution in [0.4, 0.5) is 31.0 Å². The number of aliphatic carboxylic acids is 1. The quantitative estimate of drug-likeness (QED) is 0.603. The normalized spacial score (nSPS) is 16.2. The number of fused-ring (bicyclic) bond motifs is 1. The van der Waals surface area contributed by atoms with Gasteiger partial charge in [0.25, 0.3) is 0 Å². The van der Waals surface area contributed by atoms with E-state index in [-0.39, 0.29) is 18.3 Å². The lowest BCUT2D eigenvalue weighted by Gasteiger charge is -2.34. The average Bonchev–Trinajstić information content (AvgIpc) is 2.85. The van der Waals surface area contributed by atoms with Crippen molar-refractivity contribution in [2.24, 2.45) is 5.92 Å². The maximum atomic E-state index is 14.7.